The van der Waals surface area contributed by atoms with Crippen LogP contribution in [0.5, 0.6) is 11.5 Å². The minimum Gasteiger partial charge on any atom is -0.490 e. The Labute approximate surface area is 115 Å². The topological polar surface area (TPSA) is 94.7 Å². The minimum absolute atomic E-state index is 0.0325. The van der Waals surface area contributed by atoms with Gasteiger partial charge in [-0.25, -0.2) is 9.42 Å². The highest BCUT2D eigenvalue weighted by Crippen LogP contribution is 2.32. The molecule has 1 aromatic heterocycles. The van der Waals surface area contributed by atoms with E-state index in [0.717, 1.165) is 0 Å². The van der Waals surface area contributed by atoms with Crippen LogP contribution in [0.25, 0.3) is 0 Å². The second-order valence-electron chi connectivity index (χ2n) is 3.96. The van der Waals surface area contributed by atoms with Gasteiger partial charge in [-0.05, 0) is 26.0 Å². The number of ether oxygens (including phenoxy) is 2. The number of aromatic nitrogens is 2. The van der Waals surface area contributed by atoms with Crippen LogP contribution >= 0.6 is 0 Å². The first-order valence-corrected chi connectivity index (χ1v) is 6.03. The summed E-state index contributed by atoms with van der Waals surface area (Å²) in [5, 5.41) is 16.5. The minimum atomic E-state index is -1.09. The summed E-state index contributed by atoms with van der Waals surface area (Å²) in [5.74, 6) is -0.540. The molecule has 0 aliphatic rings. The number of rotatable bonds is 6. The second kappa shape index (κ2) is 6.05. The van der Waals surface area contributed by atoms with E-state index in [1.165, 1.54) is 6.07 Å². The van der Waals surface area contributed by atoms with Crippen LogP contribution in [-0.4, -0.2) is 28.0 Å². The molecule has 0 radical (unpaired) electrons. The van der Waals surface area contributed by atoms with Crippen molar-refractivity contribution in [3.05, 3.63) is 35.2 Å². The van der Waals surface area contributed by atoms with Gasteiger partial charge < -0.3 is 14.6 Å². The number of para-hydroxylation sites is 1. The van der Waals surface area contributed by atoms with Crippen molar-refractivity contribution in [3.8, 4) is 11.5 Å². The molecule has 0 fully saturated rings. The summed E-state index contributed by atoms with van der Waals surface area (Å²) in [6.45, 7) is 3.99. The van der Waals surface area contributed by atoms with Crippen LogP contribution in [0.3, 0.4) is 0 Å². The lowest BCUT2D eigenvalue weighted by Crippen LogP contribution is -2.06. The van der Waals surface area contributed by atoms with Crippen molar-refractivity contribution >= 4 is 5.97 Å². The van der Waals surface area contributed by atoms with Crippen molar-refractivity contribution in [1.82, 2.24) is 10.3 Å². The molecule has 0 saturated carbocycles. The Balaban J connectivity index is 2.28. The molecule has 0 aliphatic carbocycles. The van der Waals surface area contributed by atoms with Crippen molar-refractivity contribution in [2.45, 2.75) is 20.5 Å². The van der Waals surface area contributed by atoms with Crippen LogP contribution in [0.4, 0.5) is 0 Å². The fourth-order valence-electron chi connectivity index (χ4n) is 1.62. The fraction of sp³-hybridized carbons (Fsp3) is 0.308. The third kappa shape index (κ3) is 2.87. The molecule has 2 rings (SSSR count). The van der Waals surface area contributed by atoms with E-state index in [4.69, 9.17) is 9.47 Å². The molecule has 0 unspecified atom stereocenters. The van der Waals surface area contributed by atoms with Crippen LogP contribution in [0.1, 0.15) is 28.7 Å². The molecule has 106 valence electrons. The molecular weight excluding hydrogens is 264 g/mol. The number of carbonyl (C=O) groups is 1. The van der Waals surface area contributed by atoms with E-state index in [0.29, 0.717) is 23.7 Å². The normalized spacial score (nSPS) is 10.3. The molecule has 7 nitrogen and oxygen atoms in total. The van der Waals surface area contributed by atoms with E-state index in [9.17, 15) is 9.90 Å². The largest absolute Gasteiger partial charge is 0.490 e. The zero-order valence-corrected chi connectivity index (χ0v) is 11.1. The summed E-state index contributed by atoms with van der Waals surface area (Å²) in [6, 6.07) is 4.71. The summed E-state index contributed by atoms with van der Waals surface area (Å²) in [5.41, 5.74) is 1.13. The van der Waals surface area contributed by atoms with E-state index in [1.807, 2.05) is 6.92 Å². The lowest BCUT2D eigenvalue weighted by molar-refractivity contribution is 0.0690. The van der Waals surface area contributed by atoms with Crippen LogP contribution < -0.4 is 9.47 Å². The second-order valence-corrected chi connectivity index (χ2v) is 3.96. The van der Waals surface area contributed by atoms with Crippen LogP contribution in [0, 0.1) is 6.92 Å². The molecule has 7 heteroatoms. The number of nitrogens with zero attached hydrogens (tertiary/aromatic N) is 2. The monoisotopic (exact) mass is 278 g/mol. The van der Waals surface area contributed by atoms with Crippen molar-refractivity contribution < 1.29 is 24.0 Å². The Morgan fingerprint density at radius 3 is 2.75 bits per heavy atom. The van der Waals surface area contributed by atoms with Crippen molar-refractivity contribution in [2.24, 2.45) is 0 Å². The number of hydrogen-bond donors (Lipinski definition) is 1. The van der Waals surface area contributed by atoms with Crippen LogP contribution in [0.2, 0.25) is 0 Å². The van der Waals surface area contributed by atoms with E-state index in [-0.39, 0.29) is 17.9 Å². The summed E-state index contributed by atoms with van der Waals surface area (Å²) >= 11 is 0. The zero-order valence-electron chi connectivity index (χ0n) is 11.1. The molecular formula is C13H14N2O5. The molecule has 1 heterocycles. The third-order valence-corrected chi connectivity index (χ3v) is 2.61. The maximum atomic E-state index is 11.2. The molecule has 0 spiro atoms. The molecule has 0 saturated heterocycles. The van der Waals surface area contributed by atoms with Gasteiger partial charge in [0.25, 0.3) is 0 Å². The number of benzene rings is 1. The SMILES string of the molecule is CCOc1cccc(C(=O)O)c1OCc1nonc1C. The molecule has 0 bridgehead atoms. The van der Waals surface area contributed by atoms with Gasteiger partial charge in [0.2, 0.25) is 0 Å². The number of hydrogen-bond acceptors (Lipinski definition) is 6. The van der Waals surface area contributed by atoms with E-state index < -0.39 is 5.97 Å². The Morgan fingerprint density at radius 1 is 1.35 bits per heavy atom. The van der Waals surface area contributed by atoms with E-state index in [2.05, 4.69) is 14.9 Å². The molecule has 1 N–H and O–H groups in total. The average molecular weight is 278 g/mol. The molecule has 0 atom stereocenters. The van der Waals surface area contributed by atoms with Gasteiger partial charge in [-0.15, -0.1) is 0 Å². The lowest BCUT2D eigenvalue weighted by atomic mass is 10.2. The summed E-state index contributed by atoms with van der Waals surface area (Å²) in [4.78, 5) is 11.2. The first kappa shape index (κ1) is 13.9. The van der Waals surface area contributed by atoms with Gasteiger partial charge in [-0.3, -0.25) is 0 Å². The highest BCUT2D eigenvalue weighted by atomic mass is 16.6. The molecule has 2 aromatic rings. The van der Waals surface area contributed by atoms with Gasteiger partial charge in [0, 0.05) is 0 Å². The highest BCUT2D eigenvalue weighted by Gasteiger charge is 2.17. The molecule has 1 aromatic carbocycles. The van der Waals surface area contributed by atoms with Gasteiger partial charge in [0.1, 0.15) is 23.6 Å². The van der Waals surface area contributed by atoms with Gasteiger partial charge >= 0.3 is 5.97 Å². The highest BCUT2D eigenvalue weighted by molar-refractivity contribution is 5.92. The summed E-state index contributed by atoms with van der Waals surface area (Å²) in [7, 11) is 0. The zero-order chi connectivity index (χ0) is 14.5. The average Bonchev–Trinajstić information content (AvgIpc) is 2.83. The maximum absolute atomic E-state index is 11.2. The molecule has 0 amide bonds. The summed E-state index contributed by atoms with van der Waals surface area (Å²) in [6.07, 6.45) is 0. The summed E-state index contributed by atoms with van der Waals surface area (Å²) < 4.78 is 15.5. The van der Waals surface area contributed by atoms with Crippen LogP contribution in [-0.2, 0) is 6.61 Å². The molecule has 20 heavy (non-hydrogen) atoms. The van der Waals surface area contributed by atoms with Gasteiger partial charge in [0.15, 0.2) is 11.5 Å². The Hall–Kier alpha value is -2.57. The first-order valence-electron chi connectivity index (χ1n) is 6.03. The van der Waals surface area contributed by atoms with E-state index in [1.54, 1.807) is 19.1 Å². The Kier molecular flexibility index (Phi) is 4.19. The van der Waals surface area contributed by atoms with Crippen molar-refractivity contribution in [1.29, 1.82) is 0 Å². The smallest absolute Gasteiger partial charge is 0.339 e. The standard InChI is InChI=1S/C13H14N2O5/c1-3-18-11-6-4-5-9(13(16)17)12(11)19-7-10-8(2)14-20-15-10/h4-6H,3,7H2,1-2H3,(H,16,17). The number of carboxylic acid groups (broad SMARTS) is 1. The van der Waals surface area contributed by atoms with Crippen molar-refractivity contribution in [2.75, 3.05) is 6.61 Å². The number of aromatic carboxylic acids is 1. The quantitative estimate of drug-likeness (QED) is 0.863. The fourth-order valence-corrected chi connectivity index (χ4v) is 1.62. The lowest BCUT2D eigenvalue weighted by Gasteiger charge is -2.13. The first-order chi connectivity index (χ1) is 9.63. The van der Waals surface area contributed by atoms with Gasteiger partial charge in [-0.1, -0.05) is 16.4 Å². The van der Waals surface area contributed by atoms with E-state index >= 15 is 0 Å². The van der Waals surface area contributed by atoms with Gasteiger partial charge in [0.05, 0.1) is 6.61 Å². The Bertz CT molecular complexity index is 609. The predicted octanol–water partition coefficient (Wildman–Crippen LogP) is 2.05. The number of aryl methyl sites for hydroxylation is 1. The molecule has 0 aliphatic heterocycles. The maximum Gasteiger partial charge on any atom is 0.339 e. The number of carboxylic acids is 1. The predicted molar refractivity (Wildman–Crippen MR) is 67.9 cm³/mol. The van der Waals surface area contributed by atoms with Gasteiger partial charge in [-0.2, -0.15) is 0 Å². The third-order valence-electron chi connectivity index (χ3n) is 2.61. The van der Waals surface area contributed by atoms with Crippen LogP contribution in [0.15, 0.2) is 22.8 Å². The van der Waals surface area contributed by atoms with Crippen molar-refractivity contribution in [3.63, 3.8) is 0 Å². The Morgan fingerprint density at radius 2 is 2.15 bits per heavy atom.